The van der Waals surface area contributed by atoms with E-state index in [1.54, 1.807) is 18.4 Å². The van der Waals surface area contributed by atoms with Crippen molar-refractivity contribution in [2.45, 2.75) is 69.4 Å². The van der Waals surface area contributed by atoms with E-state index in [1.807, 2.05) is 36.4 Å². The number of thiophene rings is 1. The maximum atomic E-state index is 10.4. The van der Waals surface area contributed by atoms with Crippen LogP contribution < -0.4 is 0 Å². The molecule has 0 spiro atoms. The summed E-state index contributed by atoms with van der Waals surface area (Å²) in [4.78, 5) is 1.22. The van der Waals surface area contributed by atoms with Gasteiger partial charge in [-0.25, -0.2) is 0 Å². The van der Waals surface area contributed by atoms with Gasteiger partial charge in [0.1, 0.15) is 0 Å². The number of methoxy groups -OCH3 is 1. The minimum atomic E-state index is -0.648. The number of ether oxygens (including phenoxy) is 1. The van der Waals surface area contributed by atoms with Gasteiger partial charge in [0.15, 0.2) is 0 Å². The number of aliphatic hydroxyl groups excluding tert-OH is 4. The highest BCUT2D eigenvalue weighted by molar-refractivity contribution is 7.16. The van der Waals surface area contributed by atoms with Gasteiger partial charge in [0, 0.05) is 24.3 Å². The second-order valence-electron chi connectivity index (χ2n) is 7.99. The molecule has 0 saturated heterocycles. The van der Waals surface area contributed by atoms with Crippen molar-refractivity contribution >= 4 is 22.9 Å². The summed E-state index contributed by atoms with van der Waals surface area (Å²) in [5.74, 6) is -0.126. The van der Waals surface area contributed by atoms with Gasteiger partial charge in [-0.1, -0.05) is 35.9 Å². The van der Waals surface area contributed by atoms with Gasteiger partial charge in [0.2, 0.25) is 0 Å². The van der Waals surface area contributed by atoms with Crippen LogP contribution >= 0.6 is 22.9 Å². The molecule has 1 saturated carbocycles. The minimum Gasteiger partial charge on any atom is -0.394 e. The summed E-state index contributed by atoms with van der Waals surface area (Å²) in [6.45, 7) is -0.201. The van der Waals surface area contributed by atoms with Crippen LogP contribution in [0.3, 0.4) is 0 Å². The number of aryl methyl sites for hydroxylation is 1. The van der Waals surface area contributed by atoms with E-state index in [4.69, 9.17) is 21.4 Å². The summed E-state index contributed by atoms with van der Waals surface area (Å²) in [6.07, 6.45) is 11.3. The van der Waals surface area contributed by atoms with Crippen LogP contribution in [0.5, 0.6) is 0 Å². The molecule has 1 aliphatic rings. The van der Waals surface area contributed by atoms with E-state index in [2.05, 4.69) is 0 Å². The van der Waals surface area contributed by atoms with Crippen LogP contribution in [-0.4, -0.2) is 58.6 Å². The molecule has 2 rings (SSSR count). The molecule has 1 aromatic heterocycles. The predicted molar refractivity (Wildman–Crippen MR) is 122 cm³/mol. The largest absolute Gasteiger partial charge is 0.394 e. The summed E-state index contributed by atoms with van der Waals surface area (Å²) in [5.41, 5.74) is 0. The van der Waals surface area contributed by atoms with Crippen molar-refractivity contribution in [1.29, 1.82) is 0 Å². The highest BCUT2D eigenvalue weighted by Gasteiger charge is 2.39. The fourth-order valence-corrected chi connectivity index (χ4v) is 5.06. The second-order valence-corrected chi connectivity index (χ2v) is 9.79. The zero-order chi connectivity index (χ0) is 21.9. The number of halogens is 1. The van der Waals surface area contributed by atoms with E-state index < -0.39 is 18.3 Å². The lowest BCUT2D eigenvalue weighted by atomic mass is 9.89. The number of hydrogen-bond acceptors (Lipinski definition) is 6. The number of hydrogen-bond donors (Lipinski definition) is 4. The number of allylic oxidation sites excluding steroid dienone is 2. The summed E-state index contributed by atoms with van der Waals surface area (Å²) < 4.78 is 6.37. The van der Waals surface area contributed by atoms with Gasteiger partial charge in [0.05, 0.1) is 35.4 Å². The Hall–Kier alpha value is -0.730. The first-order valence-electron chi connectivity index (χ1n) is 10.7. The summed E-state index contributed by atoms with van der Waals surface area (Å²) in [5, 5.41) is 39.0. The average molecular weight is 459 g/mol. The van der Waals surface area contributed by atoms with Gasteiger partial charge in [-0.3, -0.25) is 0 Å². The molecule has 0 radical (unpaired) electrons. The standard InChI is InChI=1S/C23H35ClO5S/c1-29-17(8-10-18-11-13-23(24)30-18)9-12-20-19(21(27)14-22(20)28)7-5-3-2-4-6-16(26)15-25/h3,5,9,11-13,16-17,19-22,25-28H,2,4,6-8,10,14-15H2,1H3/t16?,17-,19+,20+,21-,22+/m0/s1. The van der Waals surface area contributed by atoms with Crippen LogP contribution in [-0.2, 0) is 11.2 Å². The first-order chi connectivity index (χ1) is 14.4. The van der Waals surface area contributed by atoms with Crippen molar-refractivity contribution in [1.82, 2.24) is 0 Å². The average Bonchev–Trinajstić information content (AvgIpc) is 3.26. The first kappa shape index (κ1) is 25.5. The van der Waals surface area contributed by atoms with Gasteiger partial charge in [-0.05, 0) is 56.6 Å². The molecule has 0 amide bonds. The molecular formula is C23H35ClO5S. The van der Waals surface area contributed by atoms with Crippen molar-refractivity contribution in [2.75, 3.05) is 13.7 Å². The second kappa shape index (κ2) is 13.6. The SMILES string of the molecule is CO[C@H](C=C[C@@H]1[C@@H](CC=CCCCC(O)CO)[C@@H](O)C[C@H]1O)CCc1ccc(Cl)s1. The fraction of sp³-hybridized carbons (Fsp3) is 0.652. The van der Waals surface area contributed by atoms with E-state index in [-0.39, 0.29) is 24.5 Å². The smallest absolute Gasteiger partial charge is 0.0931 e. The van der Waals surface area contributed by atoms with Gasteiger partial charge in [-0.15, -0.1) is 11.3 Å². The van der Waals surface area contributed by atoms with Crippen LogP contribution in [0, 0.1) is 11.8 Å². The molecule has 170 valence electrons. The van der Waals surface area contributed by atoms with Gasteiger partial charge in [-0.2, -0.15) is 0 Å². The monoisotopic (exact) mass is 458 g/mol. The number of rotatable bonds is 13. The molecule has 0 aliphatic heterocycles. The summed E-state index contributed by atoms with van der Waals surface area (Å²) in [7, 11) is 1.68. The Morgan fingerprint density at radius 3 is 2.70 bits per heavy atom. The number of unbranched alkanes of at least 4 members (excludes halogenated alkanes) is 1. The third-order valence-electron chi connectivity index (χ3n) is 5.76. The molecule has 6 atom stereocenters. The van der Waals surface area contributed by atoms with Crippen molar-refractivity contribution in [2.24, 2.45) is 11.8 Å². The fourth-order valence-electron chi connectivity index (χ4n) is 3.96. The molecule has 4 N–H and O–H groups in total. The van der Waals surface area contributed by atoms with E-state index >= 15 is 0 Å². The van der Waals surface area contributed by atoms with E-state index in [1.165, 1.54) is 4.88 Å². The normalized spacial score (nSPS) is 26.7. The molecule has 7 heteroatoms. The quantitative estimate of drug-likeness (QED) is 0.267. The van der Waals surface area contributed by atoms with Crippen molar-refractivity contribution < 1.29 is 25.2 Å². The Labute approximate surface area is 188 Å². The molecule has 1 aromatic rings. The summed E-state index contributed by atoms with van der Waals surface area (Å²) >= 11 is 7.57. The lowest BCUT2D eigenvalue weighted by Gasteiger charge is -2.20. The lowest BCUT2D eigenvalue weighted by Crippen LogP contribution is -2.20. The van der Waals surface area contributed by atoms with Crippen LogP contribution in [0.25, 0.3) is 0 Å². The molecule has 5 nitrogen and oxygen atoms in total. The van der Waals surface area contributed by atoms with E-state index in [9.17, 15) is 15.3 Å². The number of aliphatic hydroxyl groups is 4. The Kier molecular flexibility index (Phi) is 11.6. The maximum Gasteiger partial charge on any atom is 0.0931 e. The molecule has 1 heterocycles. The minimum absolute atomic E-state index is 0.0239. The Morgan fingerprint density at radius 1 is 1.23 bits per heavy atom. The Bertz CT molecular complexity index is 662. The zero-order valence-electron chi connectivity index (χ0n) is 17.6. The molecule has 30 heavy (non-hydrogen) atoms. The topological polar surface area (TPSA) is 90.2 Å². The molecular weight excluding hydrogens is 424 g/mol. The van der Waals surface area contributed by atoms with E-state index in [0.29, 0.717) is 19.3 Å². The molecule has 1 unspecified atom stereocenters. The van der Waals surface area contributed by atoms with E-state index in [0.717, 1.165) is 30.0 Å². The van der Waals surface area contributed by atoms with Crippen molar-refractivity contribution in [3.8, 4) is 0 Å². The molecule has 1 fully saturated rings. The third kappa shape index (κ3) is 8.42. The Balaban J connectivity index is 1.84. The molecule has 1 aliphatic carbocycles. The maximum absolute atomic E-state index is 10.4. The van der Waals surface area contributed by atoms with Crippen molar-refractivity contribution in [3.05, 3.63) is 45.7 Å². The molecule has 0 aromatic carbocycles. The van der Waals surface area contributed by atoms with Gasteiger partial charge < -0.3 is 25.2 Å². The van der Waals surface area contributed by atoms with Crippen LogP contribution in [0.2, 0.25) is 4.34 Å². The third-order valence-corrected chi connectivity index (χ3v) is 7.06. The van der Waals surface area contributed by atoms with Crippen LogP contribution in [0.1, 0.15) is 43.4 Å². The highest BCUT2D eigenvalue weighted by atomic mass is 35.5. The predicted octanol–water partition coefficient (Wildman–Crippen LogP) is 3.73. The van der Waals surface area contributed by atoms with Crippen molar-refractivity contribution in [3.63, 3.8) is 0 Å². The lowest BCUT2D eigenvalue weighted by molar-refractivity contribution is 0.0868. The van der Waals surface area contributed by atoms with Gasteiger partial charge >= 0.3 is 0 Å². The molecule has 0 bridgehead atoms. The first-order valence-corrected chi connectivity index (χ1v) is 11.9. The van der Waals surface area contributed by atoms with Crippen LogP contribution in [0.15, 0.2) is 36.4 Å². The van der Waals surface area contributed by atoms with Crippen LogP contribution in [0.4, 0.5) is 0 Å². The Morgan fingerprint density at radius 2 is 2.03 bits per heavy atom. The van der Waals surface area contributed by atoms with Gasteiger partial charge in [0.25, 0.3) is 0 Å². The zero-order valence-corrected chi connectivity index (χ0v) is 19.1. The highest BCUT2D eigenvalue weighted by Crippen LogP contribution is 2.36. The summed E-state index contributed by atoms with van der Waals surface area (Å²) in [6, 6.07) is 3.94.